The summed E-state index contributed by atoms with van der Waals surface area (Å²) >= 11 is 5.73. The van der Waals surface area contributed by atoms with Crippen molar-refractivity contribution in [1.82, 2.24) is 4.98 Å². The highest BCUT2D eigenvalue weighted by Crippen LogP contribution is 2.29. The summed E-state index contributed by atoms with van der Waals surface area (Å²) < 4.78 is 10.0. The quantitative estimate of drug-likeness (QED) is 0.779. The Bertz CT molecular complexity index is 370. The van der Waals surface area contributed by atoms with E-state index in [0.717, 1.165) is 0 Å². The van der Waals surface area contributed by atoms with Gasteiger partial charge in [0.25, 0.3) is 0 Å². The lowest BCUT2D eigenvalue weighted by Crippen LogP contribution is -2.18. The molecule has 0 aliphatic carbocycles. The van der Waals surface area contributed by atoms with Gasteiger partial charge in [-0.05, 0) is 0 Å². The van der Waals surface area contributed by atoms with Crippen LogP contribution in [0.1, 0.15) is 11.1 Å². The number of carbonyl (C=O) groups excluding carboxylic acids is 1. The van der Waals surface area contributed by atoms with Crippen molar-refractivity contribution in [2.75, 3.05) is 14.2 Å². The van der Waals surface area contributed by atoms with E-state index in [0.29, 0.717) is 17.2 Å². The number of aromatic nitrogens is 1. The number of pyridine rings is 1. The first-order valence-electron chi connectivity index (χ1n) is 4.11. The monoisotopic (exact) mass is 230 g/mol. The molecule has 82 valence electrons. The average molecular weight is 231 g/mol. The normalized spacial score (nSPS) is 11.9. The molecule has 0 aromatic carbocycles. The van der Waals surface area contributed by atoms with E-state index in [1.807, 2.05) is 0 Å². The molecule has 1 atom stereocenters. The lowest BCUT2D eigenvalue weighted by atomic mass is 10.2. The van der Waals surface area contributed by atoms with Crippen molar-refractivity contribution in [3.63, 3.8) is 0 Å². The number of methoxy groups -OCH3 is 2. The Hall–Kier alpha value is -1.49. The highest BCUT2D eigenvalue weighted by Gasteiger charge is 2.17. The van der Waals surface area contributed by atoms with E-state index in [1.165, 1.54) is 26.5 Å². The van der Waals surface area contributed by atoms with Gasteiger partial charge in [-0.25, -0.2) is 0 Å². The van der Waals surface area contributed by atoms with Crippen molar-refractivity contribution in [1.29, 1.82) is 0 Å². The SMILES string of the molecule is COc1cnc(C(Cl)C(N)=O)cc1OC. The Balaban J connectivity index is 3.07. The number of carbonyl (C=O) groups is 1. The lowest BCUT2D eigenvalue weighted by Gasteiger charge is -2.10. The third-order valence-electron chi connectivity index (χ3n) is 1.80. The summed E-state index contributed by atoms with van der Waals surface area (Å²) in [5.74, 6) is 0.264. The number of alkyl halides is 1. The summed E-state index contributed by atoms with van der Waals surface area (Å²) in [7, 11) is 2.97. The third-order valence-corrected chi connectivity index (χ3v) is 2.24. The van der Waals surface area contributed by atoms with Crippen LogP contribution >= 0.6 is 11.6 Å². The van der Waals surface area contributed by atoms with E-state index in [9.17, 15) is 4.79 Å². The number of nitrogens with zero attached hydrogens (tertiary/aromatic N) is 1. The van der Waals surface area contributed by atoms with Gasteiger partial charge in [0.2, 0.25) is 5.91 Å². The van der Waals surface area contributed by atoms with Crippen LogP contribution in [0.15, 0.2) is 12.3 Å². The molecule has 1 aromatic heterocycles. The highest BCUT2D eigenvalue weighted by atomic mass is 35.5. The van der Waals surface area contributed by atoms with Crippen molar-refractivity contribution in [2.45, 2.75) is 5.38 Å². The average Bonchev–Trinajstić information content (AvgIpc) is 2.26. The van der Waals surface area contributed by atoms with E-state index in [4.69, 9.17) is 26.8 Å². The van der Waals surface area contributed by atoms with Crippen LogP contribution in [-0.4, -0.2) is 25.1 Å². The summed E-state index contributed by atoms with van der Waals surface area (Å²) in [5, 5.41) is -0.968. The minimum atomic E-state index is -0.968. The molecule has 2 N–H and O–H groups in total. The van der Waals surface area contributed by atoms with Crippen LogP contribution in [0.5, 0.6) is 11.5 Å². The maximum atomic E-state index is 10.8. The smallest absolute Gasteiger partial charge is 0.241 e. The summed E-state index contributed by atoms with van der Waals surface area (Å²) in [4.78, 5) is 14.8. The molecule has 1 unspecified atom stereocenters. The molecule has 0 saturated carbocycles. The maximum Gasteiger partial charge on any atom is 0.241 e. The minimum Gasteiger partial charge on any atom is -0.493 e. The Kier molecular flexibility index (Phi) is 3.74. The first-order valence-corrected chi connectivity index (χ1v) is 4.55. The van der Waals surface area contributed by atoms with Gasteiger partial charge < -0.3 is 15.2 Å². The number of rotatable bonds is 4. The molecule has 1 rings (SSSR count). The Morgan fingerprint density at radius 1 is 1.47 bits per heavy atom. The van der Waals surface area contributed by atoms with E-state index in [1.54, 1.807) is 0 Å². The van der Waals surface area contributed by atoms with Crippen LogP contribution in [0, 0.1) is 0 Å². The Morgan fingerprint density at radius 3 is 2.53 bits per heavy atom. The minimum absolute atomic E-state index is 0.335. The molecule has 6 heteroatoms. The molecule has 0 saturated heterocycles. The standard InChI is InChI=1S/C9H11ClN2O3/c1-14-6-3-5(8(10)9(11)13)12-4-7(6)15-2/h3-4,8H,1-2H3,(H2,11,13). The van der Waals surface area contributed by atoms with Crippen molar-refractivity contribution in [2.24, 2.45) is 5.73 Å². The van der Waals surface area contributed by atoms with Gasteiger partial charge in [-0.1, -0.05) is 0 Å². The second-order valence-electron chi connectivity index (χ2n) is 2.73. The number of ether oxygens (including phenoxy) is 2. The van der Waals surface area contributed by atoms with Crippen LogP contribution in [0.3, 0.4) is 0 Å². The van der Waals surface area contributed by atoms with E-state index in [2.05, 4.69) is 4.98 Å². The predicted octanol–water partition coefficient (Wildman–Crippen LogP) is 0.864. The van der Waals surface area contributed by atoms with Gasteiger partial charge in [0.15, 0.2) is 16.9 Å². The molecule has 1 amide bonds. The molecule has 0 aliphatic heterocycles. The molecule has 15 heavy (non-hydrogen) atoms. The van der Waals surface area contributed by atoms with Gasteiger partial charge in [0, 0.05) is 6.07 Å². The van der Waals surface area contributed by atoms with Crippen LogP contribution in [0.4, 0.5) is 0 Å². The number of halogens is 1. The molecule has 1 heterocycles. The molecule has 0 bridgehead atoms. The first-order chi connectivity index (χ1) is 7.10. The molecule has 0 radical (unpaired) electrons. The van der Waals surface area contributed by atoms with Gasteiger partial charge in [-0.3, -0.25) is 9.78 Å². The summed E-state index contributed by atoms with van der Waals surface area (Å²) in [5.41, 5.74) is 5.38. The largest absolute Gasteiger partial charge is 0.493 e. The molecular formula is C9H11ClN2O3. The summed E-state index contributed by atoms with van der Waals surface area (Å²) in [6.07, 6.45) is 1.42. The van der Waals surface area contributed by atoms with E-state index < -0.39 is 11.3 Å². The van der Waals surface area contributed by atoms with Gasteiger partial charge in [-0.2, -0.15) is 0 Å². The molecule has 5 nitrogen and oxygen atoms in total. The van der Waals surface area contributed by atoms with Gasteiger partial charge in [0.1, 0.15) is 0 Å². The summed E-state index contributed by atoms with van der Waals surface area (Å²) in [6.45, 7) is 0. The van der Waals surface area contributed by atoms with Crippen molar-refractivity contribution < 1.29 is 14.3 Å². The number of nitrogens with two attached hydrogens (primary N) is 1. The number of hydrogen-bond acceptors (Lipinski definition) is 4. The fourth-order valence-electron chi connectivity index (χ4n) is 1.04. The fourth-order valence-corrected chi connectivity index (χ4v) is 1.16. The highest BCUT2D eigenvalue weighted by molar-refractivity contribution is 6.30. The predicted molar refractivity (Wildman–Crippen MR) is 55.1 cm³/mol. The molecule has 0 fully saturated rings. The van der Waals surface area contributed by atoms with Gasteiger partial charge >= 0.3 is 0 Å². The van der Waals surface area contributed by atoms with Crippen LogP contribution in [0.25, 0.3) is 0 Å². The van der Waals surface area contributed by atoms with Crippen molar-refractivity contribution in [3.8, 4) is 11.5 Å². The van der Waals surface area contributed by atoms with Crippen LogP contribution in [0.2, 0.25) is 0 Å². The number of primary amides is 1. The van der Waals surface area contributed by atoms with Crippen LogP contribution < -0.4 is 15.2 Å². The Labute approximate surface area is 92.1 Å². The zero-order valence-electron chi connectivity index (χ0n) is 8.36. The first kappa shape index (κ1) is 11.6. The number of hydrogen-bond donors (Lipinski definition) is 1. The third kappa shape index (κ3) is 2.50. The van der Waals surface area contributed by atoms with Crippen molar-refractivity contribution in [3.05, 3.63) is 18.0 Å². The second kappa shape index (κ2) is 4.84. The molecular weight excluding hydrogens is 220 g/mol. The summed E-state index contributed by atoms with van der Waals surface area (Å²) in [6, 6.07) is 1.52. The fraction of sp³-hybridized carbons (Fsp3) is 0.333. The maximum absolute atomic E-state index is 10.8. The zero-order chi connectivity index (χ0) is 11.4. The number of amides is 1. The van der Waals surface area contributed by atoms with Gasteiger partial charge in [0.05, 0.1) is 26.1 Å². The molecule has 0 spiro atoms. The van der Waals surface area contributed by atoms with Gasteiger partial charge in [-0.15, -0.1) is 11.6 Å². The zero-order valence-corrected chi connectivity index (χ0v) is 9.12. The topological polar surface area (TPSA) is 74.4 Å². The lowest BCUT2D eigenvalue weighted by molar-refractivity contribution is -0.117. The molecule has 0 aliphatic rings. The van der Waals surface area contributed by atoms with Crippen molar-refractivity contribution >= 4 is 17.5 Å². The van der Waals surface area contributed by atoms with E-state index >= 15 is 0 Å². The molecule has 1 aromatic rings. The second-order valence-corrected chi connectivity index (χ2v) is 3.17. The van der Waals surface area contributed by atoms with Crippen LogP contribution in [-0.2, 0) is 4.79 Å². The van der Waals surface area contributed by atoms with E-state index in [-0.39, 0.29) is 0 Å². The Morgan fingerprint density at radius 2 is 2.07 bits per heavy atom.